The molecule has 156 valence electrons. The SMILES string of the molecule is C=C(CC(=O)O)C(=O)O.CC(=CC(=O)O)C(=O)O.CC(C(=O)O)=C(C)C(=O)O. The minimum absolute atomic E-state index is 0.132. The average Bonchev–Trinajstić information content (AvgIpc) is 2.52. The van der Waals surface area contributed by atoms with E-state index in [2.05, 4.69) is 6.58 Å². The molecule has 0 saturated carbocycles. The summed E-state index contributed by atoms with van der Waals surface area (Å²) in [6.07, 6.45) is 0.137. The quantitative estimate of drug-likeness (QED) is 0.322. The van der Waals surface area contributed by atoms with E-state index in [0.29, 0.717) is 6.08 Å². The minimum Gasteiger partial charge on any atom is -0.481 e. The summed E-state index contributed by atoms with van der Waals surface area (Å²) in [4.78, 5) is 59.6. The van der Waals surface area contributed by atoms with Crippen molar-refractivity contribution in [2.24, 2.45) is 0 Å². The molecule has 0 aliphatic carbocycles. The van der Waals surface area contributed by atoms with Gasteiger partial charge in [0, 0.05) is 28.4 Å². The van der Waals surface area contributed by atoms with Crippen LogP contribution in [0, 0.1) is 0 Å². The number of carboxylic acid groups (broad SMARTS) is 6. The van der Waals surface area contributed by atoms with Crippen molar-refractivity contribution in [3.63, 3.8) is 0 Å². The summed E-state index contributed by atoms with van der Waals surface area (Å²) in [5.74, 6) is -7.29. The fraction of sp³-hybridized carbons (Fsp3) is 0.250. The van der Waals surface area contributed by atoms with Crippen LogP contribution in [0.15, 0.2) is 34.9 Å². The van der Waals surface area contributed by atoms with Crippen molar-refractivity contribution in [3.05, 3.63) is 34.9 Å². The zero-order chi connectivity index (χ0) is 23.2. The summed E-state index contributed by atoms with van der Waals surface area (Å²) < 4.78 is 0. The highest BCUT2D eigenvalue weighted by molar-refractivity contribution is 5.97. The Morgan fingerprint density at radius 2 is 1.04 bits per heavy atom. The molecule has 0 heterocycles. The molecule has 0 fully saturated rings. The highest BCUT2D eigenvalue weighted by atomic mass is 16.4. The molecule has 0 aliphatic heterocycles. The van der Waals surface area contributed by atoms with Gasteiger partial charge in [-0.3, -0.25) is 4.79 Å². The number of rotatable bonds is 7. The van der Waals surface area contributed by atoms with Crippen molar-refractivity contribution in [2.75, 3.05) is 0 Å². The van der Waals surface area contributed by atoms with Gasteiger partial charge in [0.1, 0.15) is 0 Å². The third kappa shape index (κ3) is 16.9. The summed E-state index contributed by atoms with van der Waals surface area (Å²) in [5, 5.41) is 48.7. The molecule has 0 aromatic rings. The van der Waals surface area contributed by atoms with Crippen molar-refractivity contribution >= 4 is 35.8 Å². The summed E-state index contributed by atoms with van der Waals surface area (Å²) in [5.41, 5.74) is -0.745. The van der Waals surface area contributed by atoms with Crippen LogP contribution < -0.4 is 0 Å². The maximum absolute atomic E-state index is 10.1. The molecule has 0 aromatic carbocycles. The first-order chi connectivity index (χ1) is 12.5. The predicted molar refractivity (Wildman–Crippen MR) is 91.7 cm³/mol. The largest absolute Gasteiger partial charge is 0.481 e. The number of carbonyl (C=O) groups is 6. The van der Waals surface area contributed by atoms with E-state index in [1.54, 1.807) is 0 Å². The first-order valence-corrected chi connectivity index (χ1v) is 6.95. The van der Waals surface area contributed by atoms with Crippen LogP contribution in [-0.2, 0) is 28.8 Å². The van der Waals surface area contributed by atoms with Crippen LogP contribution in [0.3, 0.4) is 0 Å². The highest BCUT2D eigenvalue weighted by Crippen LogP contribution is 2.02. The Morgan fingerprint density at radius 3 is 1.14 bits per heavy atom. The molecule has 0 saturated heterocycles. The van der Waals surface area contributed by atoms with Gasteiger partial charge in [-0.2, -0.15) is 0 Å². The van der Waals surface area contributed by atoms with Gasteiger partial charge in [0.2, 0.25) is 0 Å². The van der Waals surface area contributed by atoms with Gasteiger partial charge in [0.25, 0.3) is 0 Å². The molecule has 0 aromatic heterocycles. The number of aliphatic carboxylic acids is 6. The Labute approximate surface area is 158 Å². The molecule has 6 N–H and O–H groups in total. The van der Waals surface area contributed by atoms with E-state index < -0.39 is 42.2 Å². The van der Waals surface area contributed by atoms with E-state index in [1.165, 1.54) is 20.8 Å². The number of carboxylic acids is 6. The third-order valence-corrected chi connectivity index (χ3v) is 2.55. The molecule has 0 amide bonds. The molecule has 0 rings (SSSR count). The van der Waals surface area contributed by atoms with Crippen LogP contribution in [0.2, 0.25) is 0 Å². The van der Waals surface area contributed by atoms with Gasteiger partial charge >= 0.3 is 35.8 Å². The van der Waals surface area contributed by atoms with E-state index in [9.17, 15) is 28.8 Å². The maximum Gasteiger partial charge on any atom is 0.331 e. The van der Waals surface area contributed by atoms with Gasteiger partial charge in [-0.15, -0.1) is 0 Å². The first-order valence-electron chi connectivity index (χ1n) is 6.95. The van der Waals surface area contributed by atoms with Crippen molar-refractivity contribution in [1.82, 2.24) is 0 Å². The molecule has 0 aliphatic rings. The molecular formula is C16H20O12. The highest BCUT2D eigenvalue weighted by Gasteiger charge is 2.10. The molecular weight excluding hydrogens is 384 g/mol. The Balaban J connectivity index is -0.000000336. The lowest BCUT2D eigenvalue weighted by molar-refractivity contribution is -0.139. The second-order valence-electron chi connectivity index (χ2n) is 4.81. The second-order valence-corrected chi connectivity index (χ2v) is 4.81. The van der Waals surface area contributed by atoms with Crippen molar-refractivity contribution < 1.29 is 59.4 Å². The van der Waals surface area contributed by atoms with E-state index in [-0.39, 0.29) is 22.3 Å². The van der Waals surface area contributed by atoms with E-state index in [4.69, 9.17) is 30.6 Å². The van der Waals surface area contributed by atoms with Crippen LogP contribution in [0.1, 0.15) is 27.2 Å². The van der Waals surface area contributed by atoms with Crippen molar-refractivity contribution in [1.29, 1.82) is 0 Å². The maximum atomic E-state index is 10.1. The molecule has 28 heavy (non-hydrogen) atoms. The molecule has 0 spiro atoms. The van der Waals surface area contributed by atoms with Gasteiger partial charge in [-0.05, 0) is 20.8 Å². The summed E-state index contributed by atoms with van der Waals surface area (Å²) >= 11 is 0. The Kier molecular flexibility index (Phi) is 14.7. The van der Waals surface area contributed by atoms with E-state index >= 15 is 0 Å². The van der Waals surface area contributed by atoms with Crippen LogP contribution in [0.4, 0.5) is 0 Å². The molecule has 0 bridgehead atoms. The molecule has 12 heteroatoms. The van der Waals surface area contributed by atoms with Crippen LogP contribution in [0.25, 0.3) is 0 Å². The smallest absolute Gasteiger partial charge is 0.331 e. The lowest BCUT2D eigenvalue weighted by atomic mass is 10.1. The fourth-order valence-electron chi connectivity index (χ4n) is 0.826. The Bertz CT molecular complexity index is 702. The lowest BCUT2D eigenvalue weighted by Gasteiger charge is -1.95. The number of hydrogen-bond donors (Lipinski definition) is 6. The molecule has 0 unspecified atom stereocenters. The summed E-state index contributed by atoms with van der Waals surface area (Å²) in [7, 11) is 0. The van der Waals surface area contributed by atoms with Crippen LogP contribution in [-0.4, -0.2) is 66.5 Å². The van der Waals surface area contributed by atoms with Crippen LogP contribution in [0.5, 0.6) is 0 Å². The van der Waals surface area contributed by atoms with Gasteiger partial charge in [-0.1, -0.05) is 6.58 Å². The predicted octanol–water partition coefficient (Wildman–Crippen LogP) is 0.696. The van der Waals surface area contributed by atoms with Crippen molar-refractivity contribution in [3.8, 4) is 0 Å². The monoisotopic (exact) mass is 404 g/mol. The first kappa shape index (κ1) is 28.8. The molecule has 12 nitrogen and oxygen atoms in total. The van der Waals surface area contributed by atoms with Gasteiger partial charge in [-0.25, -0.2) is 24.0 Å². The van der Waals surface area contributed by atoms with Crippen molar-refractivity contribution in [2.45, 2.75) is 27.2 Å². The third-order valence-electron chi connectivity index (χ3n) is 2.55. The van der Waals surface area contributed by atoms with Crippen LogP contribution >= 0.6 is 0 Å². The Hall–Kier alpha value is -3.96. The Morgan fingerprint density at radius 1 is 0.679 bits per heavy atom. The minimum atomic E-state index is -1.27. The van der Waals surface area contributed by atoms with Gasteiger partial charge < -0.3 is 30.6 Å². The summed E-state index contributed by atoms with van der Waals surface area (Å²) in [6.45, 7) is 6.74. The normalized spacial score (nSPS) is 10.6. The topological polar surface area (TPSA) is 224 Å². The van der Waals surface area contributed by atoms with E-state index in [1.807, 2.05) is 0 Å². The zero-order valence-corrected chi connectivity index (χ0v) is 15.1. The fourth-order valence-corrected chi connectivity index (χ4v) is 0.826. The lowest BCUT2D eigenvalue weighted by Crippen LogP contribution is -2.06. The zero-order valence-electron chi connectivity index (χ0n) is 15.1. The second kappa shape index (κ2) is 14.2. The number of hydrogen-bond acceptors (Lipinski definition) is 6. The van der Waals surface area contributed by atoms with Gasteiger partial charge in [0.15, 0.2) is 0 Å². The summed E-state index contributed by atoms with van der Waals surface area (Å²) in [6, 6.07) is 0. The molecule has 0 atom stereocenters. The van der Waals surface area contributed by atoms with Gasteiger partial charge in [0.05, 0.1) is 6.42 Å². The molecule has 0 radical (unpaired) electrons. The standard InChI is InChI=1S/C6H8O4.2C5H6O4/c1-3(5(7)8)4(2)6(9)10;2*1-3(5(8)9)2-4(6)7/h1-2H3,(H,7,8)(H,9,10);2H,1H3,(H,6,7)(H,8,9);1-2H2,(H,6,7)(H,8,9). The van der Waals surface area contributed by atoms with E-state index in [0.717, 1.165) is 0 Å². The average molecular weight is 404 g/mol.